The molecule has 1 saturated heterocycles. The number of ether oxygens (including phenoxy) is 1. The quantitative estimate of drug-likeness (QED) is 0.652. The predicted octanol–water partition coefficient (Wildman–Crippen LogP) is 2.37. The fourth-order valence-corrected chi connectivity index (χ4v) is 2.28. The first-order valence-corrected chi connectivity index (χ1v) is 5.28. The number of carbonyl (C=O) groups is 1. The molecule has 0 aromatic heterocycles. The molecule has 1 N–H and O–H groups in total. The maximum Gasteiger partial charge on any atom is 0.408 e. The smallest absolute Gasteiger partial charge is 0.408 e. The summed E-state index contributed by atoms with van der Waals surface area (Å²) in [5.74, 6) is 0. The second-order valence-corrected chi connectivity index (χ2v) is 4.60. The lowest BCUT2D eigenvalue weighted by atomic mass is 9.86. The van der Waals surface area contributed by atoms with E-state index in [0.717, 1.165) is 12.8 Å². The van der Waals surface area contributed by atoms with E-state index >= 15 is 0 Å². The lowest BCUT2D eigenvalue weighted by Crippen LogP contribution is -2.40. The molecule has 2 aliphatic rings. The average Bonchev–Trinajstić information content (AvgIpc) is 2.41. The van der Waals surface area contributed by atoms with Crippen molar-refractivity contribution in [3.63, 3.8) is 0 Å². The van der Waals surface area contributed by atoms with Gasteiger partial charge in [-0.3, -0.25) is 0 Å². The third-order valence-corrected chi connectivity index (χ3v) is 3.01. The summed E-state index contributed by atoms with van der Waals surface area (Å²) in [4.78, 5) is 11.2. The van der Waals surface area contributed by atoms with Gasteiger partial charge < -0.3 is 10.1 Å². The minimum absolute atomic E-state index is 0.0790. The summed E-state index contributed by atoms with van der Waals surface area (Å²) in [6, 6.07) is 0.0790. The van der Waals surface area contributed by atoms with Gasteiger partial charge in [-0.2, -0.15) is 0 Å². The van der Waals surface area contributed by atoms with Crippen LogP contribution in [0.5, 0.6) is 0 Å². The predicted molar refractivity (Wildman–Crippen MR) is 54.0 cm³/mol. The minimum Gasteiger partial charge on any atom is -0.441 e. The largest absolute Gasteiger partial charge is 0.441 e. The normalized spacial score (nSPS) is 30.6. The zero-order valence-electron chi connectivity index (χ0n) is 8.80. The summed E-state index contributed by atoms with van der Waals surface area (Å²) in [7, 11) is 0. The van der Waals surface area contributed by atoms with E-state index in [2.05, 4.69) is 11.4 Å². The number of rotatable bonds is 1. The van der Waals surface area contributed by atoms with E-state index < -0.39 is 0 Å². The topological polar surface area (TPSA) is 38.3 Å². The first-order chi connectivity index (χ1) is 6.59. The van der Waals surface area contributed by atoms with Gasteiger partial charge >= 0.3 is 6.09 Å². The van der Waals surface area contributed by atoms with Crippen LogP contribution in [0.2, 0.25) is 0 Å². The molecule has 1 amide bonds. The van der Waals surface area contributed by atoms with Gasteiger partial charge in [-0.05, 0) is 45.1 Å². The van der Waals surface area contributed by atoms with E-state index in [1.54, 1.807) is 0 Å². The van der Waals surface area contributed by atoms with Gasteiger partial charge in [-0.15, -0.1) is 0 Å². The SMILES string of the molecule is CC1(C)OC(=O)NC1C1=CCCCC1. The number of hydrogen-bond acceptors (Lipinski definition) is 2. The number of cyclic esters (lactones) is 1. The summed E-state index contributed by atoms with van der Waals surface area (Å²) in [5.41, 5.74) is 0.951. The summed E-state index contributed by atoms with van der Waals surface area (Å²) in [6.07, 6.45) is 6.70. The van der Waals surface area contributed by atoms with Gasteiger partial charge in [-0.1, -0.05) is 6.08 Å². The third kappa shape index (κ3) is 1.63. The van der Waals surface area contributed by atoms with Gasteiger partial charge in [0.05, 0.1) is 6.04 Å². The number of amides is 1. The highest BCUT2D eigenvalue weighted by atomic mass is 16.6. The molecule has 0 aromatic rings. The Labute approximate surface area is 84.5 Å². The maximum absolute atomic E-state index is 11.2. The lowest BCUT2D eigenvalue weighted by Gasteiger charge is -2.27. The van der Waals surface area contributed by atoms with E-state index in [1.165, 1.54) is 18.4 Å². The average molecular weight is 195 g/mol. The number of carbonyl (C=O) groups excluding carboxylic acids is 1. The molecule has 0 radical (unpaired) electrons. The first-order valence-electron chi connectivity index (χ1n) is 5.28. The van der Waals surface area contributed by atoms with E-state index in [1.807, 2.05) is 13.8 Å². The Balaban J connectivity index is 2.17. The molecule has 78 valence electrons. The molecule has 1 heterocycles. The molecule has 0 bridgehead atoms. The van der Waals surface area contributed by atoms with Crippen LogP contribution < -0.4 is 5.32 Å². The van der Waals surface area contributed by atoms with Gasteiger partial charge in [0.2, 0.25) is 0 Å². The molecule has 1 atom stereocenters. The number of nitrogens with one attached hydrogen (secondary N) is 1. The number of hydrogen-bond donors (Lipinski definition) is 1. The molecule has 1 aliphatic heterocycles. The Morgan fingerprint density at radius 2 is 2.29 bits per heavy atom. The van der Waals surface area contributed by atoms with Crippen LogP contribution in [0.25, 0.3) is 0 Å². The molecule has 1 fully saturated rings. The van der Waals surface area contributed by atoms with Crippen molar-refractivity contribution in [2.45, 2.75) is 51.2 Å². The highest BCUT2D eigenvalue weighted by Gasteiger charge is 2.43. The van der Waals surface area contributed by atoms with Gasteiger partial charge in [-0.25, -0.2) is 4.79 Å². The Morgan fingerprint density at radius 1 is 1.50 bits per heavy atom. The molecule has 1 unspecified atom stereocenters. The fraction of sp³-hybridized carbons (Fsp3) is 0.727. The standard InChI is InChI=1S/C11H17NO2/c1-11(2)9(12-10(13)14-11)8-6-4-3-5-7-8/h6,9H,3-5,7H2,1-2H3,(H,12,13). The van der Waals surface area contributed by atoms with Gasteiger partial charge in [0, 0.05) is 0 Å². The third-order valence-electron chi connectivity index (χ3n) is 3.01. The van der Waals surface area contributed by atoms with Crippen LogP contribution in [0.1, 0.15) is 39.5 Å². The molecule has 3 nitrogen and oxygen atoms in total. The van der Waals surface area contributed by atoms with Crippen molar-refractivity contribution in [2.75, 3.05) is 0 Å². The van der Waals surface area contributed by atoms with Crippen molar-refractivity contribution < 1.29 is 9.53 Å². The summed E-state index contributed by atoms with van der Waals surface area (Å²) < 4.78 is 5.22. The van der Waals surface area contributed by atoms with Gasteiger partial charge in [0.15, 0.2) is 0 Å². The van der Waals surface area contributed by atoms with Crippen molar-refractivity contribution in [1.82, 2.24) is 5.32 Å². The van der Waals surface area contributed by atoms with Gasteiger partial charge in [0.1, 0.15) is 5.60 Å². The lowest BCUT2D eigenvalue weighted by molar-refractivity contribution is 0.0739. The van der Waals surface area contributed by atoms with E-state index in [0.29, 0.717) is 0 Å². The Hall–Kier alpha value is -0.990. The van der Waals surface area contributed by atoms with Crippen LogP contribution in [0.4, 0.5) is 4.79 Å². The van der Waals surface area contributed by atoms with Crippen LogP contribution in [-0.4, -0.2) is 17.7 Å². The van der Waals surface area contributed by atoms with Crippen LogP contribution in [0.15, 0.2) is 11.6 Å². The second-order valence-electron chi connectivity index (χ2n) is 4.60. The summed E-state index contributed by atoms with van der Waals surface area (Å²) in [6.45, 7) is 3.93. The Morgan fingerprint density at radius 3 is 2.79 bits per heavy atom. The maximum atomic E-state index is 11.2. The molecule has 14 heavy (non-hydrogen) atoms. The van der Waals surface area contributed by atoms with Crippen molar-refractivity contribution >= 4 is 6.09 Å². The molecule has 3 heteroatoms. The van der Waals surface area contributed by atoms with Crippen molar-refractivity contribution in [3.8, 4) is 0 Å². The minimum atomic E-state index is -0.389. The molecule has 1 aliphatic carbocycles. The van der Waals surface area contributed by atoms with E-state index in [4.69, 9.17) is 4.74 Å². The van der Waals surface area contributed by atoms with Crippen LogP contribution >= 0.6 is 0 Å². The number of alkyl carbamates (subject to hydrolysis) is 1. The van der Waals surface area contributed by atoms with Crippen LogP contribution in [0.3, 0.4) is 0 Å². The highest BCUT2D eigenvalue weighted by Crippen LogP contribution is 2.31. The van der Waals surface area contributed by atoms with Gasteiger partial charge in [0.25, 0.3) is 0 Å². The van der Waals surface area contributed by atoms with Crippen molar-refractivity contribution in [1.29, 1.82) is 0 Å². The van der Waals surface area contributed by atoms with Crippen LogP contribution in [0, 0.1) is 0 Å². The van der Waals surface area contributed by atoms with E-state index in [9.17, 15) is 4.79 Å². The zero-order valence-corrected chi connectivity index (χ0v) is 8.80. The zero-order chi connectivity index (χ0) is 10.2. The monoisotopic (exact) mass is 195 g/mol. The number of allylic oxidation sites excluding steroid dienone is 1. The summed E-state index contributed by atoms with van der Waals surface area (Å²) in [5, 5.41) is 2.88. The van der Waals surface area contributed by atoms with Crippen LogP contribution in [-0.2, 0) is 4.74 Å². The molecule has 0 saturated carbocycles. The molecular weight excluding hydrogens is 178 g/mol. The Bertz CT molecular complexity index is 281. The molecule has 2 rings (SSSR count). The Kier molecular flexibility index (Phi) is 2.25. The van der Waals surface area contributed by atoms with Crippen molar-refractivity contribution in [2.24, 2.45) is 0 Å². The first kappa shape index (κ1) is 9.56. The second kappa shape index (κ2) is 3.30. The van der Waals surface area contributed by atoms with E-state index in [-0.39, 0.29) is 17.7 Å². The molecule has 0 aromatic carbocycles. The highest BCUT2D eigenvalue weighted by molar-refractivity contribution is 5.72. The molecular formula is C11H17NO2. The fourth-order valence-electron chi connectivity index (χ4n) is 2.28. The summed E-state index contributed by atoms with van der Waals surface area (Å²) >= 11 is 0. The molecule has 0 spiro atoms. The van der Waals surface area contributed by atoms with Crippen molar-refractivity contribution in [3.05, 3.63) is 11.6 Å².